The van der Waals surface area contributed by atoms with Gasteiger partial charge in [-0.05, 0) is 12.5 Å². The molecular weight excluding hydrogens is 324 g/mol. The zero-order chi connectivity index (χ0) is 16.7. The molecule has 5 heterocycles. The molecule has 138 valence electrons. The van der Waals surface area contributed by atoms with E-state index in [4.69, 9.17) is 9.47 Å². The van der Waals surface area contributed by atoms with Gasteiger partial charge in [-0.1, -0.05) is 0 Å². The van der Waals surface area contributed by atoms with Crippen LogP contribution in [-0.4, -0.2) is 84.7 Å². The Bertz CT molecular complexity index is 528. The fourth-order valence-electron chi connectivity index (χ4n) is 4.08. The van der Waals surface area contributed by atoms with E-state index in [0.717, 1.165) is 58.2 Å². The van der Waals surface area contributed by atoms with Crippen LogP contribution < -0.4 is 21.5 Å². The van der Waals surface area contributed by atoms with Crippen LogP contribution in [0.15, 0.2) is 24.4 Å². The molecule has 0 saturated carbocycles. The average Bonchev–Trinajstić information content (AvgIpc) is 3.49. The van der Waals surface area contributed by atoms with E-state index in [2.05, 4.69) is 47.6 Å². The smallest absolute Gasteiger partial charge is 0.300 e. The lowest BCUT2D eigenvalue weighted by molar-refractivity contribution is -0.302. The summed E-state index contributed by atoms with van der Waals surface area (Å²) in [6.07, 6.45) is 6.80. The first kappa shape index (κ1) is 15.7. The molecular formula is C15H26N8O2. The van der Waals surface area contributed by atoms with Gasteiger partial charge in [-0.2, -0.15) is 0 Å². The van der Waals surface area contributed by atoms with Crippen molar-refractivity contribution >= 4 is 0 Å². The minimum absolute atomic E-state index is 0.244. The fourth-order valence-corrected chi connectivity index (χ4v) is 4.08. The molecule has 0 spiro atoms. The highest BCUT2D eigenvalue weighted by molar-refractivity contribution is 5.12. The first-order chi connectivity index (χ1) is 12.4. The van der Waals surface area contributed by atoms with E-state index in [-0.39, 0.29) is 6.23 Å². The van der Waals surface area contributed by atoms with Crippen molar-refractivity contribution in [2.75, 3.05) is 52.5 Å². The van der Waals surface area contributed by atoms with Crippen LogP contribution in [0.5, 0.6) is 0 Å². The molecule has 0 aliphatic carbocycles. The van der Waals surface area contributed by atoms with Crippen LogP contribution in [0.2, 0.25) is 0 Å². The van der Waals surface area contributed by atoms with E-state index in [9.17, 15) is 0 Å². The van der Waals surface area contributed by atoms with E-state index in [1.165, 1.54) is 0 Å². The first-order valence-corrected chi connectivity index (χ1v) is 9.08. The Hall–Kier alpha value is -1.56. The van der Waals surface area contributed by atoms with Crippen molar-refractivity contribution in [3.05, 3.63) is 24.4 Å². The molecule has 5 aliphatic heterocycles. The van der Waals surface area contributed by atoms with Gasteiger partial charge in [0.15, 0.2) is 12.0 Å². The third kappa shape index (κ3) is 2.40. The van der Waals surface area contributed by atoms with Crippen LogP contribution in [-0.2, 0) is 9.47 Å². The number of hydrazine groups is 3. The molecule has 0 aromatic heterocycles. The maximum atomic E-state index is 6.43. The summed E-state index contributed by atoms with van der Waals surface area (Å²) in [5.74, 6) is 0.233. The molecule has 2 unspecified atom stereocenters. The van der Waals surface area contributed by atoms with E-state index in [0.29, 0.717) is 6.61 Å². The number of ether oxygens (including phenoxy) is 2. The van der Waals surface area contributed by atoms with Gasteiger partial charge in [-0.15, -0.1) is 5.12 Å². The lowest BCUT2D eigenvalue weighted by Crippen LogP contribution is -2.73. The molecule has 0 aromatic carbocycles. The largest absolute Gasteiger partial charge is 0.453 e. The van der Waals surface area contributed by atoms with Crippen molar-refractivity contribution < 1.29 is 9.47 Å². The molecule has 10 nitrogen and oxygen atoms in total. The summed E-state index contributed by atoms with van der Waals surface area (Å²) in [6.45, 7) is 6.82. The highest BCUT2D eigenvalue weighted by atomic mass is 16.6. The van der Waals surface area contributed by atoms with Gasteiger partial charge >= 0.3 is 5.85 Å². The maximum Gasteiger partial charge on any atom is 0.300 e. The summed E-state index contributed by atoms with van der Waals surface area (Å²) in [5, 5.41) is 13.3. The van der Waals surface area contributed by atoms with Crippen molar-refractivity contribution in [1.29, 1.82) is 0 Å². The second-order valence-electron chi connectivity index (χ2n) is 6.72. The van der Waals surface area contributed by atoms with Crippen molar-refractivity contribution in [2.45, 2.75) is 18.5 Å². The normalized spacial score (nSPS) is 36.3. The van der Waals surface area contributed by atoms with Crippen LogP contribution in [0.4, 0.5) is 0 Å². The minimum Gasteiger partial charge on any atom is -0.453 e. The molecule has 5 rings (SSSR count). The van der Waals surface area contributed by atoms with E-state index in [1.54, 1.807) is 0 Å². The molecule has 10 heteroatoms. The summed E-state index contributed by atoms with van der Waals surface area (Å²) in [6, 6.07) is 0. The van der Waals surface area contributed by atoms with Crippen molar-refractivity contribution in [3.8, 4) is 0 Å². The van der Waals surface area contributed by atoms with Gasteiger partial charge in [0.05, 0.1) is 19.8 Å². The van der Waals surface area contributed by atoms with Crippen LogP contribution in [0.3, 0.4) is 0 Å². The second kappa shape index (κ2) is 6.31. The second-order valence-corrected chi connectivity index (χ2v) is 6.72. The molecule has 25 heavy (non-hydrogen) atoms. The van der Waals surface area contributed by atoms with Gasteiger partial charge < -0.3 is 20.2 Å². The van der Waals surface area contributed by atoms with Crippen molar-refractivity contribution in [1.82, 2.24) is 41.5 Å². The van der Waals surface area contributed by atoms with Crippen LogP contribution in [0, 0.1) is 0 Å². The zero-order valence-corrected chi connectivity index (χ0v) is 14.3. The Kier molecular flexibility index (Phi) is 3.95. The van der Waals surface area contributed by atoms with E-state index >= 15 is 0 Å². The molecule has 5 aliphatic rings. The predicted octanol–water partition coefficient (Wildman–Crippen LogP) is -1.96. The highest BCUT2D eigenvalue weighted by Crippen LogP contribution is 2.40. The molecule has 3 fully saturated rings. The molecule has 4 N–H and O–H groups in total. The molecule has 0 amide bonds. The van der Waals surface area contributed by atoms with Crippen LogP contribution >= 0.6 is 0 Å². The van der Waals surface area contributed by atoms with E-state index in [1.807, 2.05) is 12.5 Å². The Morgan fingerprint density at radius 2 is 2.20 bits per heavy atom. The quantitative estimate of drug-likeness (QED) is 0.459. The van der Waals surface area contributed by atoms with Crippen molar-refractivity contribution in [3.63, 3.8) is 0 Å². The minimum atomic E-state index is -0.765. The van der Waals surface area contributed by atoms with Crippen molar-refractivity contribution in [2.24, 2.45) is 0 Å². The van der Waals surface area contributed by atoms with Gasteiger partial charge in [0, 0.05) is 38.9 Å². The monoisotopic (exact) mass is 350 g/mol. The van der Waals surface area contributed by atoms with Gasteiger partial charge in [0.2, 0.25) is 0 Å². The van der Waals surface area contributed by atoms with Gasteiger partial charge in [-0.3, -0.25) is 10.3 Å². The van der Waals surface area contributed by atoms with Crippen LogP contribution in [0.25, 0.3) is 0 Å². The zero-order valence-electron chi connectivity index (χ0n) is 14.3. The maximum absolute atomic E-state index is 6.43. The standard InChI is InChI=1S/C15H26N8O2/c1-3-18-21(7-1)13-11-25-15(14-17-6-10-24-14,20-9-5-16-12-20)23(13)22-8-2-4-19-22/h2,4,11,14,16-19H,1,3,5-10,12H2. The third-order valence-corrected chi connectivity index (χ3v) is 5.23. The molecule has 3 saturated heterocycles. The predicted molar refractivity (Wildman–Crippen MR) is 89.4 cm³/mol. The number of hydrogen-bond donors (Lipinski definition) is 4. The van der Waals surface area contributed by atoms with Gasteiger partial charge in [-0.25, -0.2) is 15.3 Å². The summed E-state index contributed by atoms with van der Waals surface area (Å²) in [4.78, 5) is 2.30. The SMILES string of the molecule is C1=CNN(N2C(N3CCCN3)=COC2(C2NCCO2)N2CCNC2)C1. The van der Waals surface area contributed by atoms with Gasteiger partial charge in [0.1, 0.15) is 6.26 Å². The summed E-state index contributed by atoms with van der Waals surface area (Å²) in [5.41, 5.74) is 6.77. The molecule has 0 aromatic rings. The fraction of sp³-hybridized carbons (Fsp3) is 0.733. The third-order valence-electron chi connectivity index (χ3n) is 5.23. The lowest BCUT2D eigenvalue weighted by atomic mass is 10.3. The topological polar surface area (TPSA) is 79.5 Å². The Morgan fingerprint density at radius 1 is 1.20 bits per heavy atom. The Morgan fingerprint density at radius 3 is 2.88 bits per heavy atom. The lowest BCUT2D eigenvalue weighted by Gasteiger charge is -2.50. The summed E-state index contributed by atoms with van der Waals surface area (Å²) >= 11 is 0. The summed E-state index contributed by atoms with van der Waals surface area (Å²) < 4.78 is 12.5. The molecule has 0 bridgehead atoms. The average molecular weight is 350 g/mol. The highest BCUT2D eigenvalue weighted by Gasteiger charge is 2.60. The van der Waals surface area contributed by atoms with Gasteiger partial charge in [0.25, 0.3) is 0 Å². The number of nitrogens with one attached hydrogen (secondary N) is 4. The molecule has 2 atom stereocenters. The number of hydrogen-bond acceptors (Lipinski definition) is 10. The first-order valence-electron chi connectivity index (χ1n) is 9.08. The number of rotatable bonds is 4. The van der Waals surface area contributed by atoms with E-state index < -0.39 is 5.85 Å². The molecule has 0 radical (unpaired) electrons. The summed E-state index contributed by atoms with van der Waals surface area (Å²) in [7, 11) is 0. The number of nitrogens with zero attached hydrogens (tertiary/aromatic N) is 4. The Labute approximate surface area is 147 Å². The Balaban J connectivity index is 1.53. The van der Waals surface area contributed by atoms with Crippen LogP contribution in [0.1, 0.15) is 6.42 Å².